The molecule has 7 nitrogen and oxygen atoms in total. The maximum absolute atomic E-state index is 6.25. The van der Waals surface area contributed by atoms with Crippen molar-refractivity contribution >= 4 is 34.8 Å². The molecule has 9 heteroatoms. The van der Waals surface area contributed by atoms with Gasteiger partial charge >= 0.3 is 6.01 Å². The summed E-state index contributed by atoms with van der Waals surface area (Å²) in [4.78, 5) is 8.77. The van der Waals surface area contributed by atoms with Gasteiger partial charge in [0.05, 0.1) is 18.2 Å². The van der Waals surface area contributed by atoms with Gasteiger partial charge in [-0.15, -0.1) is 5.10 Å². The predicted molar refractivity (Wildman–Crippen MR) is 131 cm³/mol. The van der Waals surface area contributed by atoms with Crippen molar-refractivity contribution in [3.05, 3.63) is 70.5 Å². The van der Waals surface area contributed by atoms with Crippen LogP contribution in [0.5, 0.6) is 17.5 Å². The lowest BCUT2D eigenvalue weighted by Crippen LogP contribution is -2.05. The van der Waals surface area contributed by atoms with Crippen molar-refractivity contribution in [2.45, 2.75) is 26.8 Å². The Morgan fingerprint density at radius 3 is 2.55 bits per heavy atom. The number of ether oxygens (including phenoxy) is 2. The molecular weight excluding hydrogens is 461 g/mol. The Hall–Kier alpha value is -3.29. The van der Waals surface area contributed by atoms with Crippen LogP contribution < -0.4 is 14.8 Å². The smallest absolute Gasteiger partial charge is 0.322 e. The predicted octanol–water partition coefficient (Wildman–Crippen LogP) is 7.08. The Labute approximate surface area is 202 Å². The zero-order chi connectivity index (χ0) is 23.5. The molecule has 4 rings (SSSR count). The summed E-state index contributed by atoms with van der Waals surface area (Å²) in [6.45, 7) is 5.93. The summed E-state index contributed by atoms with van der Waals surface area (Å²) in [6.07, 6.45) is 1.78. The fourth-order valence-electron chi connectivity index (χ4n) is 3.27. The van der Waals surface area contributed by atoms with E-state index in [-0.39, 0.29) is 6.04 Å². The average molecular weight is 484 g/mol. The highest BCUT2D eigenvalue weighted by Gasteiger charge is 2.17. The molecule has 0 saturated heterocycles. The van der Waals surface area contributed by atoms with E-state index in [1.54, 1.807) is 36.2 Å². The van der Waals surface area contributed by atoms with E-state index in [9.17, 15) is 0 Å². The lowest BCUT2D eigenvalue weighted by Gasteiger charge is -2.11. The Morgan fingerprint density at radius 1 is 1.00 bits per heavy atom. The Morgan fingerprint density at radius 2 is 1.82 bits per heavy atom. The highest BCUT2D eigenvalue weighted by Crippen LogP contribution is 2.35. The summed E-state index contributed by atoms with van der Waals surface area (Å²) in [5.74, 6) is 1.51. The van der Waals surface area contributed by atoms with Crippen LogP contribution in [-0.4, -0.2) is 26.9 Å². The number of nitrogens with one attached hydrogen (secondary N) is 1. The van der Waals surface area contributed by atoms with Crippen LogP contribution in [0.25, 0.3) is 11.1 Å². The third-order valence-electron chi connectivity index (χ3n) is 4.85. The number of anilines is 2. The standard InChI is InChI=1S/C24H23Cl2N5O2/c1-14(2)31-24(33-22-12-17(25)5-8-20(22)26)29-23(30-31)28-18-6-7-19(21(13-18)32-4)16-9-10-27-15(3)11-16/h5-14H,1-4H3,(H,28,30). The van der Waals surface area contributed by atoms with Crippen molar-refractivity contribution in [1.82, 2.24) is 19.7 Å². The molecule has 33 heavy (non-hydrogen) atoms. The number of benzene rings is 2. The molecule has 4 aromatic rings. The first kappa shape index (κ1) is 22.9. The van der Waals surface area contributed by atoms with Gasteiger partial charge in [-0.25, -0.2) is 4.68 Å². The Balaban J connectivity index is 1.62. The second-order valence-electron chi connectivity index (χ2n) is 7.66. The number of pyridine rings is 1. The SMILES string of the molecule is COc1cc(Nc2nc(Oc3cc(Cl)ccc3Cl)n(C(C)C)n2)ccc1-c1ccnc(C)c1. The molecule has 0 aliphatic rings. The number of hydrogen-bond donors (Lipinski definition) is 1. The summed E-state index contributed by atoms with van der Waals surface area (Å²) in [5.41, 5.74) is 3.71. The highest BCUT2D eigenvalue weighted by molar-refractivity contribution is 6.34. The summed E-state index contributed by atoms with van der Waals surface area (Å²) < 4.78 is 13.2. The molecule has 0 radical (unpaired) electrons. The largest absolute Gasteiger partial charge is 0.496 e. The third kappa shape index (κ3) is 5.21. The first-order valence-corrected chi connectivity index (χ1v) is 11.1. The molecule has 2 heterocycles. The minimum absolute atomic E-state index is 0.00727. The van der Waals surface area contributed by atoms with Crippen LogP contribution in [0.4, 0.5) is 11.6 Å². The van der Waals surface area contributed by atoms with Gasteiger partial charge in [0.25, 0.3) is 0 Å². The molecule has 2 aromatic carbocycles. The molecule has 0 amide bonds. The summed E-state index contributed by atoms with van der Waals surface area (Å²) in [7, 11) is 1.64. The number of rotatable bonds is 7. The third-order valence-corrected chi connectivity index (χ3v) is 5.40. The van der Waals surface area contributed by atoms with Gasteiger partial charge in [-0.2, -0.15) is 4.98 Å². The summed E-state index contributed by atoms with van der Waals surface area (Å²) in [6, 6.07) is 15.1. The van der Waals surface area contributed by atoms with Gasteiger partial charge in [0.2, 0.25) is 5.95 Å². The average Bonchev–Trinajstić information content (AvgIpc) is 3.18. The van der Waals surface area contributed by atoms with Crippen molar-refractivity contribution in [3.63, 3.8) is 0 Å². The van der Waals surface area contributed by atoms with E-state index >= 15 is 0 Å². The van der Waals surface area contributed by atoms with E-state index in [4.69, 9.17) is 32.7 Å². The zero-order valence-electron chi connectivity index (χ0n) is 18.6. The zero-order valence-corrected chi connectivity index (χ0v) is 20.1. The van der Waals surface area contributed by atoms with Crippen molar-refractivity contribution in [2.24, 2.45) is 0 Å². The normalized spacial score (nSPS) is 11.0. The second kappa shape index (κ2) is 9.68. The molecule has 0 spiro atoms. The van der Waals surface area contributed by atoms with E-state index in [2.05, 4.69) is 20.4 Å². The lowest BCUT2D eigenvalue weighted by molar-refractivity contribution is 0.376. The minimum Gasteiger partial charge on any atom is -0.496 e. The van der Waals surface area contributed by atoms with Crippen LogP contribution in [0, 0.1) is 6.92 Å². The highest BCUT2D eigenvalue weighted by atomic mass is 35.5. The summed E-state index contributed by atoms with van der Waals surface area (Å²) >= 11 is 12.3. The van der Waals surface area contributed by atoms with E-state index < -0.39 is 0 Å². The first-order chi connectivity index (χ1) is 15.8. The van der Waals surface area contributed by atoms with Gasteiger partial charge in [-0.3, -0.25) is 4.98 Å². The van der Waals surface area contributed by atoms with Crippen molar-refractivity contribution in [1.29, 1.82) is 0 Å². The molecule has 170 valence electrons. The van der Waals surface area contributed by atoms with E-state index in [0.29, 0.717) is 27.8 Å². The molecule has 0 bridgehead atoms. The van der Waals surface area contributed by atoms with Crippen LogP contribution in [0.2, 0.25) is 10.0 Å². The molecule has 1 N–H and O–H groups in total. The van der Waals surface area contributed by atoms with E-state index in [0.717, 1.165) is 28.3 Å². The molecule has 0 aliphatic heterocycles. The minimum atomic E-state index is 0.00727. The summed E-state index contributed by atoms with van der Waals surface area (Å²) in [5, 5.41) is 8.71. The van der Waals surface area contributed by atoms with Crippen molar-refractivity contribution in [2.75, 3.05) is 12.4 Å². The lowest BCUT2D eigenvalue weighted by atomic mass is 10.0. The van der Waals surface area contributed by atoms with Crippen LogP contribution in [0.1, 0.15) is 25.6 Å². The van der Waals surface area contributed by atoms with Crippen LogP contribution in [-0.2, 0) is 0 Å². The van der Waals surface area contributed by atoms with E-state index in [1.807, 2.05) is 51.1 Å². The van der Waals surface area contributed by atoms with Crippen molar-refractivity contribution in [3.8, 4) is 28.6 Å². The number of methoxy groups -OCH3 is 1. The maximum Gasteiger partial charge on any atom is 0.322 e. The van der Waals surface area contributed by atoms with Gasteiger partial charge in [0.15, 0.2) is 5.75 Å². The van der Waals surface area contributed by atoms with Crippen LogP contribution in [0.3, 0.4) is 0 Å². The monoisotopic (exact) mass is 483 g/mol. The molecular formula is C24H23Cl2N5O2. The molecule has 0 aliphatic carbocycles. The number of halogens is 2. The number of nitrogens with zero attached hydrogens (tertiary/aromatic N) is 4. The van der Waals surface area contributed by atoms with Crippen LogP contribution >= 0.6 is 23.2 Å². The quantitative estimate of drug-likeness (QED) is 0.302. The van der Waals surface area contributed by atoms with E-state index in [1.165, 1.54) is 0 Å². The topological polar surface area (TPSA) is 74.1 Å². The van der Waals surface area contributed by atoms with Gasteiger partial charge in [0.1, 0.15) is 5.75 Å². The fourth-order valence-corrected chi connectivity index (χ4v) is 3.59. The Kier molecular flexibility index (Phi) is 6.72. The number of aromatic nitrogens is 4. The molecule has 0 saturated carbocycles. The molecule has 2 aromatic heterocycles. The number of hydrogen-bond acceptors (Lipinski definition) is 6. The van der Waals surface area contributed by atoms with Crippen molar-refractivity contribution < 1.29 is 9.47 Å². The molecule has 0 atom stereocenters. The van der Waals surface area contributed by atoms with Gasteiger partial charge in [-0.1, -0.05) is 23.2 Å². The molecule has 0 unspecified atom stereocenters. The maximum atomic E-state index is 6.25. The number of aryl methyl sites for hydroxylation is 1. The Bertz CT molecular complexity index is 1290. The fraction of sp³-hybridized carbons (Fsp3) is 0.208. The van der Waals surface area contributed by atoms with Crippen LogP contribution in [0.15, 0.2) is 54.7 Å². The first-order valence-electron chi connectivity index (χ1n) is 10.3. The van der Waals surface area contributed by atoms with Gasteiger partial charge in [-0.05, 0) is 62.7 Å². The van der Waals surface area contributed by atoms with Gasteiger partial charge < -0.3 is 14.8 Å². The van der Waals surface area contributed by atoms with Gasteiger partial charge in [0, 0.05) is 40.3 Å². The second-order valence-corrected chi connectivity index (χ2v) is 8.50. The molecule has 0 fully saturated rings.